The second-order valence-electron chi connectivity index (χ2n) is 5.54. The number of nitrogens with zero attached hydrogens (tertiary/aromatic N) is 2. The van der Waals surface area contributed by atoms with Gasteiger partial charge < -0.3 is 4.90 Å². The zero-order chi connectivity index (χ0) is 13.5. The van der Waals surface area contributed by atoms with Gasteiger partial charge in [0.2, 0.25) is 0 Å². The number of benzene rings is 1. The molecule has 0 aliphatic carbocycles. The van der Waals surface area contributed by atoms with E-state index < -0.39 is 0 Å². The molecule has 2 nitrogen and oxygen atoms in total. The first-order valence-electron chi connectivity index (χ1n) is 6.49. The molecule has 0 spiro atoms. The predicted molar refractivity (Wildman–Crippen MR) is 82.5 cm³/mol. The number of hydrogen-bond donors (Lipinski definition) is 0. The van der Waals surface area contributed by atoms with E-state index in [2.05, 4.69) is 60.3 Å². The minimum atomic E-state index is 0.155. The summed E-state index contributed by atoms with van der Waals surface area (Å²) in [4.78, 5) is 8.19. The van der Waals surface area contributed by atoms with Gasteiger partial charge in [-0.1, -0.05) is 19.9 Å². The van der Waals surface area contributed by atoms with Crippen molar-refractivity contribution in [2.45, 2.75) is 24.2 Å². The largest absolute Gasteiger partial charge is 0.325 e. The van der Waals surface area contributed by atoms with Crippen molar-refractivity contribution in [3.63, 3.8) is 0 Å². The first kappa shape index (κ1) is 12.5. The molecule has 2 aromatic rings. The maximum Gasteiger partial charge on any atom is 0.136 e. The summed E-state index contributed by atoms with van der Waals surface area (Å²) >= 11 is 1.77. The van der Waals surface area contributed by atoms with Crippen LogP contribution in [0.3, 0.4) is 0 Å². The normalized spacial score (nSPS) is 16.5. The van der Waals surface area contributed by atoms with Gasteiger partial charge in [0.05, 0.1) is 0 Å². The highest BCUT2D eigenvalue weighted by Crippen LogP contribution is 2.42. The highest BCUT2D eigenvalue weighted by Gasteiger charge is 2.36. The molecular weight excluding hydrogens is 252 g/mol. The monoisotopic (exact) mass is 270 g/mol. The average Bonchev–Trinajstić information content (AvgIpc) is 2.72. The number of hydrogen-bond acceptors (Lipinski definition) is 3. The third-order valence-electron chi connectivity index (χ3n) is 3.71. The fourth-order valence-corrected chi connectivity index (χ4v) is 3.08. The molecule has 2 heterocycles. The lowest BCUT2D eigenvalue weighted by atomic mass is 9.88. The zero-order valence-corrected chi connectivity index (χ0v) is 12.4. The number of pyridine rings is 1. The Morgan fingerprint density at radius 2 is 1.89 bits per heavy atom. The van der Waals surface area contributed by atoms with Crippen LogP contribution in [0.2, 0.25) is 0 Å². The summed E-state index contributed by atoms with van der Waals surface area (Å²) < 4.78 is 0. The topological polar surface area (TPSA) is 16.1 Å². The molecule has 0 atom stereocenters. The molecule has 0 fully saturated rings. The molecule has 0 saturated carbocycles. The summed E-state index contributed by atoms with van der Waals surface area (Å²) in [7, 11) is 0. The Labute approximate surface area is 118 Å². The van der Waals surface area contributed by atoms with Gasteiger partial charge in [-0.3, -0.25) is 0 Å². The molecule has 0 N–H and O–H groups in total. The molecule has 0 amide bonds. The van der Waals surface area contributed by atoms with Gasteiger partial charge in [-0.2, -0.15) is 0 Å². The number of fused-ring (bicyclic) bond motifs is 1. The quantitative estimate of drug-likeness (QED) is 0.760. The van der Waals surface area contributed by atoms with Gasteiger partial charge in [0.15, 0.2) is 0 Å². The fourth-order valence-electron chi connectivity index (χ4n) is 2.67. The van der Waals surface area contributed by atoms with Crippen molar-refractivity contribution < 1.29 is 0 Å². The minimum Gasteiger partial charge on any atom is -0.325 e. The summed E-state index contributed by atoms with van der Waals surface area (Å²) in [6.45, 7) is 5.55. The van der Waals surface area contributed by atoms with Crippen LogP contribution >= 0.6 is 11.8 Å². The van der Waals surface area contributed by atoms with E-state index in [1.807, 2.05) is 12.3 Å². The molecule has 1 aliphatic heterocycles. The molecule has 1 aliphatic rings. The molecule has 3 rings (SSSR count). The fraction of sp³-hybridized carbons (Fsp3) is 0.312. The van der Waals surface area contributed by atoms with Crippen molar-refractivity contribution >= 4 is 23.3 Å². The van der Waals surface area contributed by atoms with Crippen LogP contribution in [0.5, 0.6) is 0 Å². The Morgan fingerprint density at radius 3 is 2.58 bits per heavy atom. The van der Waals surface area contributed by atoms with Gasteiger partial charge >= 0.3 is 0 Å². The van der Waals surface area contributed by atoms with Gasteiger partial charge in [-0.15, -0.1) is 11.8 Å². The van der Waals surface area contributed by atoms with Gasteiger partial charge in [0.1, 0.15) is 5.82 Å². The number of thioether (sulfide) groups is 1. The van der Waals surface area contributed by atoms with Crippen molar-refractivity contribution in [2.75, 3.05) is 17.7 Å². The van der Waals surface area contributed by atoms with E-state index in [1.165, 1.54) is 16.1 Å². The van der Waals surface area contributed by atoms with E-state index in [-0.39, 0.29) is 5.41 Å². The summed E-state index contributed by atoms with van der Waals surface area (Å²) in [5, 5.41) is 0. The molecule has 98 valence electrons. The lowest BCUT2D eigenvalue weighted by molar-refractivity contribution is 0.569. The predicted octanol–water partition coefficient (Wildman–Crippen LogP) is 4.23. The van der Waals surface area contributed by atoms with Gasteiger partial charge in [-0.05, 0) is 36.6 Å². The summed E-state index contributed by atoms with van der Waals surface area (Å²) in [5.41, 5.74) is 2.72. The van der Waals surface area contributed by atoms with Crippen molar-refractivity contribution in [3.05, 3.63) is 48.2 Å². The van der Waals surface area contributed by atoms with Crippen molar-refractivity contribution in [1.82, 2.24) is 4.98 Å². The van der Waals surface area contributed by atoms with Crippen LogP contribution in [-0.2, 0) is 5.41 Å². The molecule has 3 heteroatoms. The Balaban J connectivity index is 2.03. The van der Waals surface area contributed by atoms with Crippen molar-refractivity contribution in [2.24, 2.45) is 0 Å². The summed E-state index contributed by atoms with van der Waals surface area (Å²) in [5.74, 6) is 1.10. The van der Waals surface area contributed by atoms with Crippen LogP contribution in [0.25, 0.3) is 0 Å². The third-order valence-corrected chi connectivity index (χ3v) is 4.45. The van der Waals surface area contributed by atoms with E-state index in [1.54, 1.807) is 11.8 Å². The van der Waals surface area contributed by atoms with Gasteiger partial charge in [0.25, 0.3) is 0 Å². The van der Waals surface area contributed by atoms with Crippen LogP contribution in [0, 0.1) is 0 Å². The van der Waals surface area contributed by atoms with Crippen LogP contribution in [0.1, 0.15) is 19.4 Å². The van der Waals surface area contributed by atoms with E-state index in [0.717, 1.165) is 12.4 Å². The van der Waals surface area contributed by atoms with E-state index in [4.69, 9.17) is 0 Å². The SMILES string of the molecule is CSc1ccc(N2CC(C)(C)c3cccnc32)cc1. The number of rotatable bonds is 2. The summed E-state index contributed by atoms with van der Waals surface area (Å²) in [6.07, 6.45) is 3.98. The molecule has 1 aromatic heterocycles. The standard InChI is InChI=1S/C16H18N2S/c1-16(2)11-18(15-14(16)5-4-10-17-15)12-6-8-13(19-3)9-7-12/h4-10H,11H2,1-3H3. The second kappa shape index (κ2) is 4.57. The molecule has 1 aromatic carbocycles. The molecule has 0 bridgehead atoms. The highest BCUT2D eigenvalue weighted by atomic mass is 32.2. The first-order valence-corrected chi connectivity index (χ1v) is 7.71. The molecule has 19 heavy (non-hydrogen) atoms. The van der Waals surface area contributed by atoms with E-state index >= 15 is 0 Å². The zero-order valence-electron chi connectivity index (χ0n) is 11.6. The third kappa shape index (κ3) is 2.12. The smallest absolute Gasteiger partial charge is 0.136 e. The lowest BCUT2D eigenvalue weighted by Crippen LogP contribution is -2.25. The Kier molecular flexibility index (Phi) is 3.02. The van der Waals surface area contributed by atoms with Crippen LogP contribution in [-0.4, -0.2) is 17.8 Å². The lowest BCUT2D eigenvalue weighted by Gasteiger charge is -2.22. The van der Waals surface area contributed by atoms with Gasteiger partial charge in [0, 0.05) is 34.3 Å². The molecule has 0 saturated heterocycles. The molecule has 0 radical (unpaired) electrons. The maximum absolute atomic E-state index is 4.58. The van der Waals surface area contributed by atoms with E-state index in [9.17, 15) is 0 Å². The average molecular weight is 270 g/mol. The number of aromatic nitrogens is 1. The minimum absolute atomic E-state index is 0.155. The van der Waals surface area contributed by atoms with Crippen molar-refractivity contribution in [1.29, 1.82) is 0 Å². The van der Waals surface area contributed by atoms with Crippen molar-refractivity contribution in [3.8, 4) is 0 Å². The first-order chi connectivity index (χ1) is 9.12. The van der Waals surface area contributed by atoms with Gasteiger partial charge in [-0.25, -0.2) is 4.98 Å². The molecule has 0 unspecified atom stereocenters. The van der Waals surface area contributed by atoms with Crippen LogP contribution in [0.4, 0.5) is 11.5 Å². The second-order valence-corrected chi connectivity index (χ2v) is 6.42. The Morgan fingerprint density at radius 1 is 1.16 bits per heavy atom. The summed E-state index contributed by atoms with van der Waals surface area (Å²) in [6, 6.07) is 12.9. The highest BCUT2D eigenvalue weighted by molar-refractivity contribution is 7.98. The van der Waals surface area contributed by atoms with E-state index in [0.29, 0.717) is 0 Å². The van der Waals surface area contributed by atoms with Crippen LogP contribution < -0.4 is 4.90 Å². The molecular formula is C16H18N2S. The van der Waals surface area contributed by atoms with Crippen LogP contribution in [0.15, 0.2) is 47.5 Å². The Bertz CT molecular complexity index is 590. The number of anilines is 2. The Hall–Kier alpha value is -1.48. The maximum atomic E-state index is 4.58.